The Balaban J connectivity index is 0.00000220. The second-order valence-corrected chi connectivity index (χ2v) is 5.24. The van der Waals surface area contributed by atoms with E-state index in [9.17, 15) is 4.79 Å². The molecule has 0 saturated carbocycles. The number of nitrogens with zero attached hydrogens (tertiary/aromatic N) is 3. The van der Waals surface area contributed by atoms with E-state index >= 15 is 0 Å². The third-order valence-electron chi connectivity index (χ3n) is 3.62. The molecule has 0 atom stereocenters. The predicted molar refractivity (Wildman–Crippen MR) is 84.2 cm³/mol. The van der Waals surface area contributed by atoms with Gasteiger partial charge in [-0.3, -0.25) is 9.48 Å². The molecule has 7 heteroatoms. The van der Waals surface area contributed by atoms with Crippen LogP contribution in [0.5, 0.6) is 5.88 Å². The normalized spacial score (nSPS) is 14.8. The molecule has 21 heavy (non-hydrogen) atoms. The molecule has 1 aliphatic rings. The summed E-state index contributed by atoms with van der Waals surface area (Å²) in [6, 6.07) is 0. The Bertz CT molecular complexity index is 444. The van der Waals surface area contributed by atoms with Crippen LogP contribution >= 0.6 is 12.4 Å². The fourth-order valence-electron chi connectivity index (χ4n) is 2.54. The molecule has 2 rings (SSSR count). The lowest BCUT2D eigenvalue weighted by atomic mass is 10.2. The Hall–Kier alpha value is -1.27. The van der Waals surface area contributed by atoms with E-state index in [1.165, 1.54) is 33.0 Å². The number of amides is 1. The molecule has 2 heterocycles. The fraction of sp³-hybridized carbons (Fsp3) is 0.714. The number of hydrogen-bond donors (Lipinski definition) is 1. The SMILES string of the molecule is COc1nn(C)cc1C(=O)NCCCCN1CCCC1.Cl. The van der Waals surface area contributed by atoms with Crippen LogP contribution in [0.3, 0.4) is 0 Å². The number of methoxy groups -OCH3 is 1. The van der Waals surface area contributed by atoms with Crippen LogP contribution in [0.4, 0.5) is 0 Å². The van der Waals surface area contributed by atoms with Crippen molar-refractivity contribution in [2.45, 2.75) is 25.7 Å². The second-order valence-electron chi connectivity index (χ2n) is 5.24. The minimum absolute atomic E-state index is 0. The lowest BCUT2D eigenvalue weighted by molar-refractivity contribution is 0.0949. The number of likely N-dealkylation sites (tertiary alicyclic amines) is 1. The number of aryl methyl sites for hydroxylation is 1. The Morgan fingerprint density at radius 3 is 2.76 bits per heavy atom. The second kappa shape index (κ2) is 8.89. The third kappa shape index (κ3) is 5.21. The lowest BCUT2D eigenvalue weighted by Gasteiger charge is -2.13. The first-order valence-corrected chi connectivity index (χ1v) is 7.29. The van der Waals surface area contributed by atoms with Crippen molar-refractivity contribution >= 4 is 18.3 Å². The van der Waals surface area contributed by atoms with Crippen LogP contribution in [-0.4, -0.2) is 53.9 Å². The summed E-state index contributed by atoms with van der Waals surface area (Å²) >= 11 is 0. The van der Waals surface area contributed by atoms with E-state index in [0.29, 0.717) is 18.0 Å². The van der Waals surface area contributed by atoms with E-state index in [2.05, 4.69) is 15.3 Å². The first-order chi connectivity index (χ1) is 9.70. The van der Waals surface area contributed by atoms with Crippen molar-refractivity contribution in [1.82, 2.24) is 20.0 Å². The van der Waals surface area contributed by atoms with Crippen LogP contribution in [0.15, 0.2) is 6.20 Å². The molecule has 1 N–H and O–H groups in total. The maximum atomic E-state index is 12.0. The van der Waals surface area contributed by atoms with Gasteiger partial charge in [0.15, 0.2) is 0 Å². The van der Waals surface area contributed by atoms with E-state index < -0.39 is 0 Å². The van der Waals surface area contributed by atoms with Gasteiger partial charge in [-0.1, -0.05) is 0 Å². The van der Waals surface area contributed by atoms with Gasteiger partial charge >= 0.3 is 0 Å². The topological polar surface area (TPSA) is 59.4 Å². The van der Waals surface area contributed by atoms with Gasteiger partial charge in [-0.25, -0.2) is 0 Å². The molecule has 6 nitrogen and oxygen atoms in total. The Morgan fingerprint density at radius 1 is 1.38 bits per heavy atom. The van der Waals surface area contributed by atoms with E-state index in [-0.39, 0.29) is 18.3 Å². The van der Waals surface area contributed by atoms with Crippen LogP contribution in [0, 0.1) is 0 Å². The van der Waals surface area contributed by atoms with E-state index in [0.717, 1.165) is 19.4 Å². The van der Waals surface area contributed by atoms with Crippen molar-refractivity contribution < 1.29 is 9.53 Å². The maximum Gasteiger partial charge on any atom is 0.258 e. The summed E-state index contributed by atoms with van der Waals surface area (Å²) in [5, 5.41) is 7.00. The zero-order valence-electron chi connectivity index (χ0n) is 12.8. The first kappa shape index (κ1) is 17.8. The molecule has 0 aliphatic carbocycles. The zero-order chi connectivity index (χ0) is 14.4. The molecule has 0 radical (unpaired) electrons. The van der Waals surface area contributed by atoms with Crippen molar-refractivity contribution in [3.05, 3.63) is 11.8 Å². The van der Waals surface area contributed by atoms with Gasteiger partial charge in [0.1, 0.15) is 5.56 Å². The number of carbonyl (C=O) groups excluding carboxylic acids is 1. The summed E-state index contributed by atoms with van der Waals surface area (Å²) in [4.78, 5) is 14.5. The molecule has 1 saturated heterocycles. The van der Waals surface area contributed by atoms with Gasteiger partial charge in [0, 0.05) is 19.8 Å². The average Bonchev–Trinajstić information content (AvgIpc) is 3.07. The molecule has 1 amide bonds. The summed E-state index contributed by atoms with van der Waals surface area (Å²) in [5.74, 6) is 0.262. The summed E-state index contributed by atoms with van der Waals surface area (Å²) in [5.41, 5.74) is 0.495. The average molecular weight is 317 g/mol. The number of aromatic nitrogens is 2. The van der Waals surface area contributed by atoms with Crippen LogP contribution < -0.4 is 10.1 Å². The lowest BCUT2D eigenvalue weighted by Crippen LogP contribution is -2.26. The third-order valence-corrected chi connectivity index (χ3v) is 3.62. The van der Waals surface area contributed by atoms with Gasteiger partial charge in [-0.2, -0.15) is 0 Å². The molecule has 1 fully saturated rings. The summed E-state index contributed by atoms with van der Waals surface area (Å²) in [7, 11) is 3.30. The number of nitrogens with one attached hydrogen (secondary N) is 1. The molecule has 120 valence electrons. The van der Waals surface area contributed by atoms with Gasteiger partial charge < -0.3 is 15.0 Å². The summed E-state index contributed by atoms with van der Waals surface area (Å²) in [6.45, 7) is 4.31. The summed E-state index contributed by atoms with van der Waals surface area (Å²) < 4.78 is 6.67. The van der Waals surface area contributed by atoms with E-state index in [1.807, 2.05) is 0 Å². The molecule has 1 aliphatic heterocycles. The highest BCUT2D eigenvalue weighted by Gasteiger charge is 2.15. The van der Waals surface area contributed by atoms with Crippen LogP contribution in [0.1, 0.15) is 36.0 Å². The standard InChI is InChI=1S/C14H24N4O2.ClH/c1-17-11-12(14(16-17)20-2)13(19)15-7-3-4-8-18-9-5-6-10-18;/h11H,3-10H2,1-2H3,(H,15,19);1H. The Morgan fingerprint density at radius 2 is 2.10 bits per heavy atom. The van der Waals surface area contributed by atoms with E-state index in [4.69, 9.17) is 4.74 Å². The molecule has 0 unspecified atom stereocenters. The number of hydrogen-bond acceptors (Lipinski definition) is 4. The molecule has 0 aromatic carbocycles. The van der Waals surface area contributed by atoms with Crippen molar-refractivity contribution in [3.8, 4) is 5.88 Å². The van der Waals surface area contributed by atoms with Crippen LogP contribution in [0.2, 0.25) is 0 Å². The predicted octanol–water partition coefficient (Wildman–Crippen LogP) is 1.46. The van der Waals surface area contributed by atoms with Crippen molar-refractivity contribution in [1.29, 1.82) is 0 Å². The van der Waals surface area contributed by atoms with Crippen molar-refractivity contribution in [3.63, 3.8) is 0 Å². The minimum Gasteiger partial charge on any atom is -0.479 e. The van der Waals surface area contributed by atoms with Gasteiger partial charge in [0.05, 0.1) is 7.11 Å². The minimum atomic E-state index is -0.115. The Kier molecular flexibility index (Phi) is 7.53. The molecular weight excluding hydrogens is 292 g/mol. The quantitative estimate of drug-likeness (QED) is 0.774. The molecule has 1 aromatic heterocycles. The number of ether oxygens (including phenoxy) is 1. The largest absolute Gasteiger partial charge is 0.479 e. The number of carbonyl (C=O) groups is 1. The van der Waals surface area contributed by atoms with Crippen molar-refractivity contribution in [2.75, 3.05) is 33.3 Å². The highest BCUT2D eigenvalue weighted by molar-refractivity contribution is 5.96. The molecule has 1 aromatic rings. The fourth-order valence-corrected chi connectivity index (χ4v) is 2.54. The zero-order valence-corrected chi connectivity index (χ0v) is 13.6. The maximum absolute atomic E-state index is 12.0. The van der Waals surface area contributed by atoms with E-state index in [1.54, 1.807) is 17.9 Å². The molecular formula is C14H25ClN4O2. The number of unbranched alkanes of at least 4 members (excludes halogenated alkanes) is 1. The first-order valence-electron chi connectivity index (χ1n) is 7.29. The Labute approximate surface area is 132 Å². The van der Waals surface area contributed by atoms with Crippen molar-refractivity contribution in [2.24, 2.45) is 7.05 Å². The molecule has 0 bridgehead atoms. The monoisotopic (exact) mass is 316 g/mol. The van der Waals surface area contributed by atoms with Gasteiger partial charge in [0.2, 0.25) is 5.88 Å². The number of halogens is 1. The highest BCUT2D eigenvalue weighted by atomic mass is 35.5. The van der Waals surface area contributed by atoms with Gasteiger partial charge in [-0.15, -0.1) is 17.5 Å². The van der Waals surface area contributed by atoms with Gasteiger partial charge in [-0.05, 0) is 45.3 Å². The van der Waals surface area contributed by atoms with Crippen LogP contribution in [-0.2, 0) is 7.05 Å². The summed E-state index contributed by atoms with van der Waals surface area (Å²) in [6.07, 6.45) is 6.47. The molecule has 0 spiro atoms. The number of rotatable bonds is 7. The van der Waals surface area contributed by atoms with Gasteiger partial charge in [0.25, 0.3) is 5.91 Å². The smallest absolute Gasteiger partial charge is 0.258 e. The highest BCUT2D eigenvalue weighted by Crippen LogP contribution is 2.14. The van der Waals surface area contributed by atoms with Crippen LogP contribution in [0.25, 0.3) is 0 Å².